The summed E-state index contributed by atoms with van der Waals surface area (Å²) in [5, 5.41) is 8.35. The summed E-state index contributed by atoms with van der Waals surface area (Å²) < 4.78 is 2.19. The summed E-state index contributed by atoms with van der Waals surface area (Å²) in [4.78, 5) is 3.98. The number of nitrogens with zero attached hydrogens (tertiary/aromatic N) is 4. The SMILES string of the molecule is Cc1nnc(-c2ccnc(N)c2)n1C1CC1. The Hall–Kier alpha value is -1.91. The maximum absolute atomic E-state index is 5.68. The van der Waals surface area contributed by atoms with Crippen LogP contribution in [-0.4, -0.2) is 19.7 Å². The number of aryl methyl sites for hydroxylation is 1. The number of hydrogen-bond acceptors (Lipinski definition) is 4. The minimum Gasteiger partial charge on any atom is -0.384 e. The minimum absolute atomic E-state index is 0.514. The third-order valence-electron chi connectivity index (χ3n) is 2.82. The molecule has 5 nitrogen and oxygen atoms in total. The molecule has 0 radical (unpaired) electrons. The van der Waals surface area contributed by atoms with Crippen LogP contribution in [0.25, 0.3) is 11.4 Å². The van der Waals surface area contributed by atoms with Gasteiger partial charge < -0.3 is 10.3 Å². The predicted molar refractivity (Wildman–Crippen MR) is 60.7 cm³/mol. The van der Waals surface area contributed by atoms with Crippen LogP contribution in [0.5, 0.6) is 0 Å². The van der Waals surface area contributed by atoms with Gasteiger partial charge in [0.2, 0.25) is 0 Å². The number of nitrogens with two attached hydrogens (primary N) is 1. The van der Waals surface area contributed by atoms with E-state index in [1.54, 1.807) is 6.20 Å². The van der Waals surface area contributed by atoms with Crippen LogP contribution in [-0.2, 0) is 0 Å². The maximum atomic E-state index is 5.68. The molecule has 1 aliphatic rings. The van der Waals surface area contributed by atoms with E-state index >= 15 is 0 Å². The van der Waals surface area contributed by atoms with Crippen molar-refractivity contribution in [3.8, 4) is 11.4 Å². The molecule has 0 atom stereocenters. The van der Waals surface area contributed by atoms with Gasteiger partial charge in [0.1, 0.15) is 11.6 Å². The van der Waals surface area contributed by atoms with Gasteiger partial charge in [-0.3, -0.25) is 0 Å². The fourth-order valence-corrected chi connectivity index (χ4v) is 1.92. The van der Waals surface area contributed by atoms with Crippen LogP contribution in [0.15, 0.2) is 18.3 Å². The molecule has 5 heteroatoms. The highest BCUT2D eigenvalue weighted by Gasteiger charge is 2.28. The van der Waals surface area contributed by atoms with Crippen molar-refractivity contribution in [2.75, 3.05) is 5.73 Å². The number of aromatic nitrogens is 4. The quantitative estimate of drug-likeness (QED) is 0.825. The molecular formula is C11H13N5. The van der Waals surface area contributed by atoms with E-state index in [1.807, 2.05) is 19.1 Å². The first-order valence-corrected chi connectivity index (χ1v) is 5.39. The molecule has 0 amide bonds. The lowest BCUT2D eigenvalue weighted by molar-refractivity contribution is 0.717. The summed E-state index contributed by atoms with van der Waals surface area (Å²) in [5.41, 5.74) is 6.66. The van der Waals surface area contributed by atoms with Crippen molar-refractivity contribution in [3.05, 3.63) is 24.2 Å². The second-order valence-corrected chi connectivity index (χ2v) is 4.14. The van der Waals surface area contributed by atoms with Crippen LogP contribution in [0.4, 0.5) is 5.82 Å². The van der Waals surface area contributed by atoms with Gasteiger partial charge in [-0.05, 0) is 31.9 Å². The van der Waals surface area contributed by atoms with E-state index in [-0.39, 0.29) is 0 Å². The van der Waals surface area contributed by atoms with Gasteiger partial charge in [0, 0.05) is 17.8 Å². The number of hydrogen-bond donors (Lipinski definition) is 1. The lowest BCUT2D eigenvalue weighted by atomic mass is 10.2. The molecule has 3 rings (SSSR count). The van der Waals surface area contributed by atoms with Gasteiger partial charge in [-0.25, -0.2) is 4.98 Å². The van der Waals surface area contributed by atoms with E-state index in [4.69, 9.17) is 5.73 Å². The van der Waals surface area contributed by atoms with E-state index in [0.717, 1.165) is 17.2 Å². The van der Waals surface area contributed by atoms with E-state index in [1.165, 1.54) is 12.8 Å². The molecule has 2 aromatic heterocycles. The second-order valence-electron chi connectivity index (χ2n) is 4.14. The largest absolute Gasteiger partial charge is 0.384 e. The molecule has 16 heavy (non-hydrogen) atoms. The molecule has 0 saturated heterocycles. The number of rotatable bonds is 2. The molecular weight excluding hydrogens is 202 g/mol. The van der Waals surface area contributed by atoms with E-state index in [2.05, 4.69) is 19.7 Å². The molecule has 2 N–H and O–H groups in total. The highest BCUT2D eigenvalue weighted by Crippen LogP contribution is 2.38. The zero-order valence-electron chi connectivity index (χ0n) is 9.09. The third kappa shape index (κ3) is 1.44. The first kappa shape index (κ1) is 9.33. The highest BCUT2D eigenvalue weighted by molar-refractivity contribution is 5.59. The smallest absolute Gasteiger partial charge is 0.164 e. The summed E-state index contributed by atoms with van der Waals surface area (Å²) in [6.07, 6.45) is 4.13. The average molecular weight is 215 g/mol. The van der Waals surface area contributed by atoms with Crippen molar-refractivity contribution in [3.63, 3.8) is 0 Å². The molecule has 0 aliphatic heterocycles. The molecule has 1 aliphatic carbocycles. The average Bonchev–Trinajstić information content (AvgIpc) is 3.02. The van der Waals surface area contributed by atoms with Gasteiger partial charge in [0.25, 0.3) is 0 Å². The maximum Gasteiger partial charge on any atom is 0.164 e. The van der Waals surface area contributed by atoms with E-state index < -0.39 is 0 Å². The summed E-state index contributed by atoms with van der Waals surface area (Å²) in [6, 6.07) is 4.32. The lowest BCUT2D eigenvalue weighted by Crippen LogP contribution is -2.00. The molecule has 82 valence electrons. The molecule has 1 fully saturated rings. The van der Waals surface area contributed by atoms with Crippen molar-refractivity contribution in [1.82, 2.24) is 19.7 Å². The molecule has 0 bridgehead atoms. The zero-order chi connectivity index (χ0) is 11.1. The Morgan fingerprint density at radius 2 is 2.19 bits per heavy atom. The first-order valence-electron chi connectivity index (χ1n) is 5.39. The molecule has 1 saturated carbocycles. The van der Waals surface area contributed by atoms with Gasteiger partial charge in [-0.2, -0.15) is 0 Å². The molecule has 2 heterocycles. The number of pyridine rings is 1. The van der Waals surface area contributed by atoms with Crippen molar-refractivity contribution >= 4 is 5.82 Å². The summed E-state index contributed by atoms with van der Waals surface area (Å²) in [6.45, 7) is 1.99. The predicted octanol–water partition coefficient (Wildman–Crippen LogP) is 1.57. The monoisotopic (exact) mass is 215 g/mol. The van der Waals surface area contributed by atoms with Crippen molar-refractivity contribution in [2.24, 2.45) is 0 Å². The first-order chi connectivity index (χ1) is 7.75. The van der Waals surface area contributed by atoms with Gasteiger partial charge in [-0.1, -0.05) is 0 Å². The van der Waals surface area contributed by atoms with Crippen LogP contribution in [0.3, 0.4) is 0 Å². The fraction of sp³-hybridized carbons (Fsp3) is 0.364. The Bertz CT molecular complexity index is 527. The van der Waals surface area contributed by atoms with Crippen LogP contribution in [0.1, 0.15) is 24.7 Å². The standard InChI is InChI=1S/C11H13N5/c1-7-14-15-11(16(7)9-2-3-9)8-4-5-13-10(12)6-8/h4-6,9H,2-3H2,1H3,(H2,12,13). The minimum atomic E-state index is 0.514. The van der Waals surface area contributed by atoms with Crippen molar-refractivity contribution in [2.45, 2.75) is 25.8 Å². The van der Waals surface area contributed by atoms with Gasteiger partial charge in [0.05, 0.1) is 0 Å². The lowest BCUT2D eigenvalue weighted by Gasteiger charge is -2.06. The Kier molecular flexibility index (Phi) is 1.92. The van der Waals surface area contributed by atoms with Crippen molar-refractivity contribution < 1.29 is 0 Å². The Morgan fingerprint density at radius 1 is 1.38 bits per heavy atom. The summed E-state index contributed by atoms with van der Waals surface area (Å²) in [7, 11) is 0. The topological polar surface area (TPSA) is 69.6 Å². The molecule has 0 spiro atoms. The van der Waals surface area contributed by atoms with Gasteiger partial charge in [0.15, 0.2) is 5.82 Å². The van der Waals surface area contributed by atoms with Crippen LogP contribution < -0.4 is 5.73 Å². The van der Waals surface area contributed by atoms with Gasteiger partial charge in [-0.15, -0.1) is 10.2 Å². The van der Waals surface area contributed by atoms with E-state index in [0.29, 0.717) is 11.9 Å². The Morgan fingerprint density at radius 3 is 2.88 bits per heavy atom. The third-order valence-corrected chi connectivity index (χ3v) is 2.82. The van der Waals surface area contributed by atoms with Crippen LogP contribution >= 0.6 is 0 Å². The molecule has 2 aromatic rings. The normalized spacial score (nSPS) is 15.3. The second kappa shape index (κ2) is 3.30. The van der Waals surface area contributed by atoms with Crippen LogP contribution in [0.2, 0.25) is 0 Å². The highest BCUT2D eigenvalue weighted by atomic mass is 15.3. The Labute approximate surface area is 93.3 Å². The van der Waals surface area contributed by atoms with Crippen LogP contribution in [0, 0.1) is 6.92 Å². The van der Waals surface area contributed by atoms with Crippen molar-refractivity contribution in [1.29, 1.82) is 0 Å². The van der Waals surface area contributed by atoms with Gasteiger partial charge >= 0.3 is 0 Å². The number of anilines is 1. The fourth-order valence-electron chi connectivity index (χ4n) is 1.92. The van der Waals surface area contributed by atoms with E-state index in [9.17, 15) is 0 Å². The molecule has 0 aromatic carbocycles. The summed E-state index contributed by atoms with van der Waals surface area (Å²) >= 11 is 0. The number of nitrogen functional groups attached to an aromatic ring is 1. The zero-order valence-corrected chi connectivity index (χ0v) is 9.09. The Balaban J connectivity index is 2.12. The molecule has 0 unspecified atom stereocenters. The summed E-state index contributed by atoms with van der Waals surface area (Å²) in [5.74, 6) is 2.38.